The highest BCUT2D eigenvalue weighted by molar-refractivity contribution is 7.89. The Bertz CT molecular complexity index is 780. The van der Waals surface area contributed by atoms with Crippen molar-refractivity contribution in [3.8, 4) is 0 Å². The number of amides is 1. The van der Waals surface area contributed by atoms with Crippen LogP contribution < -0.4 is 10.5 Å². The van der Waals surface area contributed by atoms with Crippen LogP contribution in [0.2, 0.25) is 0 Å². The molecule has 1 amide bonds. The molecule has 0 bridgehead atoms. The lowest BCUT2D eigenvalue weighted by molar-refractivity contribution is 0.0991. The molecule has 0 spiro atoms. The van der Waals surface area contributed by atoms with E-state index in [2.05, 4.69) is 19.2 Å². The van der Waals surface area contributed by atoms with Crippen LogP contribution in [0.4, 0.5) is 5.69 Å². The number of sulfonamides is 1. The van der Waals surface area contributed by atoms with Crippen LogP contribution in [0.1, 0.15) is 42.3 Å². The monoisotopic (exact) mass is 322 g/mol. The Kier molecular flexibility index (Phi) is 4.68. The van der Waals surface area contributed by atoms with Gasteiger partial charge in [0, 0.05) is 5.69 Å². The number of para-hydroxylation sites is 1. The fourth-order valence-corrected chi connectivity index (χ4v) is 2.50. The van der Waals surface area contributed by atoms with Gasteiger partial charge in [-0.2, -0.15) is 0 Å². The molecule has 2 rings (SSSR count). The Morgan fingerprint density at radius 2 is 1.95 bits per heavy atom. The number of furan rings is 1. The van der Waals surface area contributed by atoms with Gasteiger partial charge >= 0.3 is 0 Å². The standard InChI is InChI=1S/C15H18N2O4S/c1-3-10(2)11-6-4-5-7-12(11)17-15(18)13-8-9-14(21-13)22(16,19)20/h4-10H,3H2,1-2H3,(H,17,18)(H2,16,19,20). The molecular formula is C15H18N2O4S. The van der Waals surface area contributed by atoms with Gasteiger partial charge in [0.25, 0.3) is 15.9 Å². The van der Waals surface area contributed by atoms with Gasteiger partial charge in [0.1, 0.15) is 0 Å². The van der Waals surface area contributed by atoms with Gasteiger partial charge in [-0.05, 0) is 36.1 Å². The zero-order valence-corrected chi connectivity index (χ0v) is 13.2. The molecule has 7 heteroatoms. The second kappa shape index (κ2) is 6.33. The first kappa shape index (κ1) is 16.3. The first-order valence-electron chi connectivity index (χ1n) is 6.85. The fraction of sp³-hybridized carbons (Fsp3) is 0.267. The molecule has 0 aliphatic rings. The second-order valence-corrected chi connectivity index (χ2v) is 6.51. The maximum absolute atomic E-state index is 12.2. The quantitative estimate of drug-likeness (QED) is 0.883. The summed E-state index contributed by atoms with van der Waals surface area (Å²) >= 11 is 0. The Hall–Kier alpha value is -2.12. The van der Waals surface area contributed by atoms with Gasteiger partial charge in [-0.1, -0.05) is 32.0 Å². The molecule has 6 nitrogen and oxygen atoms in total. The molecule has 3 N–H and O–H groups in total. The van der Waals surface area contributed by atoms with Crippen LogP contribution in [-0.2, 0) is 10.0 Å². The molecule has 0 radical (unpaired) electrons. The summed E-state index contributed by atoms with van der Waals surface area (Å²) in [5.41, 5.74) is 1.69. The summed E-state index contributed by atoms with van der Waals surface area (Å²) in [7, 11) is -3.96. The van der Waals surface area contributed by atoms with Crippen LogP contribution >= 0.6 is 0 Å². The lowest BCUT2D eigenvalue weighted by Gasteiger charge is -2.15. The molecule has 1 unspecified atom stereocenters. The van der Waals surface area contributed by atoms with E-state index in [9.17, 15) is 13.2 Å². The largest absolute Gasteiger partial charge is 0.438 e. The van der Waals surface area contributed by atoms with Crippen molar-refractivity contribution in [1.82, 2.24) is 0 Å². The molecule has 0 aliphatic heterocycles. The van der Waals surface area contributed by atoms with Crippen LogP contribution in [0.5, 0.6) is 0 Å². The highest BCUT2D eigenvalue weighted by Crippen LogP contribution is 2.27. The molecule has 22 heavy (non-hydrogen) atoms. The van der Waals surface area contributed by atoms with Crippen molar-refractivity contribution in [2.45, 2.75) is 31.3 Å². The van der Waals surface area contributed by atoms with Crippen molar-refractivity contribution >= 4 is 21.6 Å². The molecule has 1 heterocycles. The van der Waals surface area contributed by atoms with E-state index in [1.54, 1.807) is 6.07 Å². The maximum Gasteiger partial charge on any atom is 0.291 e. The van der Waals surface area contributed by atoms with Crippen molar-refractivity contribution in [2.75, 3.05) is 5.32 Å². The fourth-order valence-electron chi connectivity index (χ4n) is 2.04. The molecule has 2 aromatic rings. The molecule has 0 saturated heterocycles. The number of nitrogens with two attached hydrogens (primary N) is 1. The molecule has 118 valence electrons. The second-order valence-electron chi connectivity index (χ2n) is 5.01. The van der Waals surface area contributed by atoms with Gasteiger partial charge in [-0.3, -0.25) is 4.79 Å². The zero-order chi connectivity index (χ0) is 16.3. The number of benzene rings is 1. The van der Waals surface area contributed by atoms with Gasteiger partial charge in [-0.15, -0.1) is 0 Å². The Morgan fingerprint density at radius 1 is 1.27 bits per heavy atom. The van der Waals surface area contributed by atoms with E-state index >= 15 is 0 Å². The van der Waals surface area contributed by atoms with Crippen LogP contribution in [0.25, 0.3) is 0 Å². The van der Waals surface area contributed by atoms with E-state index in [0.717, 1.165) is 18.1 Å². The third-order valence-corrected chi connectivity index (χ3v) is 4.22. The molecule has 1 atom stereocenters. The van der Waals surface area contributed by atoms with E-state index in [1.165, 1.54) is 6.07 Å². The summed E-state index contributed by atoms with van der Waals surface area (Å²) in [5, 5.41) is 7.25. The van der Waals surface area contributed by atoms with Gasteiger partial charge in [0.15, 0.2) is 5.76 Å². The number of rotatable bonds is 5. The third-order valence-electron chi connectivity index (χ3n) is 3.44. The Labute approximate surface area is 129 Å². The minimum absolute atomic E-state index is 0.108. The van der Waals surface area contributed by atoms with Crippen molar-refractivity contribution in [3.63, 3.8) is 0 Å². The molecule has 0 saturated carbocycles. The van der Waals surface area contributed by atoms with E-state index in [0.29, 0.717) is 5.69 Å². The Morgan fingerprint density at radius 3 is 2.55 bits per heavy atom. The summed E-state index contributed by atoms with van der Waals surface area (Å²) in [6, 6.07) is 9.90. The average Bonchev–Trinajstić information content (AvgIpc) is 2.97. The van der Waals surface area contributed by atoms with Gasteiger partial charge in [-0.25, -0.2) is 13.6 Å². The van der Waals surface area contributed by atoms with Gasteiger partial charge in [0.2, 0.25) is 5.09 Å². The van der Waals surface area contributed by atoms with Crippen LogP contribution in [0, 0.1) is 0 Å². The normalized spacial score (nSPS) is 12.9. The van der Waals surface area contributed by atoms with Crippen molar-refractivity contribution in [3.05, 3.63) is 47.7 Å². The summed E-state index contributed by atoms with van der Waals surface area (Å²) in [4.78, 5) is 12.2. The van der Waals surface area contributed by atoms with Gasteiger partial charge < -0.3 is 9.73 Å². The van der Waals surface area contributed by atoms with Crippen LogP contribution in [0.15, 0.2) is 45.9 Å². The number of carbonyl (C=O) groups excluding carboxylic acids is 1. The number of primary sulfonamides is 1. The number of hydrogen-bond donors (Lipinski definition) is 2. The van der Waals surface area contributed by atoms with E-state index < -0.39 is 21.0 Å². The first-order chi connectivity index (χ1) is 10.3. The molecule has 1 aromatic carbocycles. The third kappa shape index (κ3) is 3.55. The lowest BCUT2D eigenvalue weighted by atomic mass is 9.97. The highest BCUT2D eigenvalue weighted by Gasteiger charge is 2.18. The minimum atomic E-state index is -3.96. The lowest BCUT2D eigenvalue weighted by Crippen LogP contribution is -2.14. The SMILES string of the molecule is CCC(C)c1ccccc1NC(=O)c1ccc(S(N)(=O)=O)o1. The smallest absolute Gasteiger partial charge is 0.291 e. The van der Waals surface area contributed by atoms with E-state index in [-0.39, 0.29) is 11.7 Å². The number of anilines is 1. The maximum atomic E-state index is 12.2. The number of carbonyl (C=O) groups is 1. The van der Waals surface area contributed by atoms with Crippen LogP contribution in [0.3, 0.4) is 0 Å². The molecule has 1 aromatic heterocycles. The highest BCUT2D eigenvalue weighted by atomic mass is 32.2. The topological polar surface area (TPSA) is 102 Å². The Balaban J connectivity index is 2.25. The van der Waals surface area contributed by atoms with E-state index in [1.807, 2.05) is 18.2 Å². The van der Waals surface area contributed by atoms with Gasteiger partial charge in [0.05, 0.1) is 0 Å². The van der Waals surface area contributed by atoms with E-state index in [4.69, 9.17) is 9.56 Å². The predicted molar refractivity (Wildman–Crippen MR) is 83.2 cm³/mol. The van der Waals surface area contributed by atoms with Crippen molar-refractivity contribution < 1.29 is 17.6 Å². The summed E-state index contributed by atoms with van der Waals surface area (Å²) in [6.07, 6.45) is 0.934. The number of nitrogens with one attached hydrogen (secondary N) is 1. The molecule has 0 aliphatic carbocycles. The molecular weight excluding hydrogens is 304 g/mol. The summed E-state index contributed by atoms with van der Waals surface area (Å²) < 4.78 is 27.3. The average molecular weight is 322 g/mol. The molecule has 0 fully saturated rings. The minimum Gasteiger partial charge on any atom is -0.438 e. The van der Waals surface area contributed by atoms with Crippen LogP contribution in [-0.4, -0.2) is 14.3 Å². The summed E-state index contributed by atoms with van der Waals surface area (Å²) in [6.45, 7) is 4.13. The first-order valence-corrected chi connectivity index (χ1v) is 8.40. The van der Waals surface area contributed by atoms with Crippen molar-refractivity contribution in [1.29, 1.82) is 0 Å². The van der Waals surface area contributed by atoms with Crippen molar-refractivity contribution in [2.24, 2.45) is 5.14 Å². The zero-order valence-electron chi connectivity index (χ0n) is 12.4. The number of hydrogen-bond acceptors (Lipinski definition) is 4. The summed E-state index contributed by atoms with van der Waals surface area (Å²) in [5.74, 6) is -0.346. The predicted octanol–water partition coefficient (Wildman–Crippen LogP) is 2.69.